The van der Waals surface area contributed by atoms with Crippen molar-refractivity contribution in [2.24, 2.45) is 0 Å². The van der Waals surface area contributed by atoms with Gasteiger partial charge < -0.3 is 13.9 Å². The van der Waals surface area contributed by atoms with Crippen molar-refractivity contribution in [3.8, 4) is 5.75 Å². The Labute approximate surface area is 181 Å². The van der Waals surface area contributed by atoms with E-state index < -0.39 is 11.6 Å². The van der Waals surface area contributed by atoms with Crippen LogP contribution in [-0.4, -0.2) is 12.6 Å². The Kier molecular flexibility index (Phi) is 7.08. The Bertz CT molecular complexity index is 1170. The maximum Gasteiger partial charge on any atom is 0.336 e. The van der Waals surface area contributed by atoms with E-state index in [1.807, 2.05) is 43.3 Å². The van der Waals surface area contributed by atoms with Crippen molar-refractivity contribution in [2.75, 3.05) is 6.61 Å². The van der Waals surface area contributed by atoms with Gasteiger partial charge in [0.2, 0.25) is 0 Å². The molecule has 0 spiro atoms. The summed E-state index contributed by atoms with van der Waals surface area (Å²) < 4.78 is 16.1. The summed E-state index contributed by atoms with van der Waals surface area (Å²) in [6.07, 6.45) is 4.70. The minimum Gasteiger partial charge on any atom is -0.490 e. The Balaban J connectivity index is 1.72. The molecule has 0 unspecified atom stereocenters. The molecule has 5 nitrogen and oxygen atoms in total. The molecule has 0 N–H and O–H groups in total. The maximum absolute atomic E-state index is 12.2. The van der Waals surface area contributed by atoms with Crippen molar-refractivity contribution < 1.29 is 18.7 Å². The van der Waals surface area contributed by atoms with Gasteiger partial charge in [0, 0.05) is 23.1 Å². The van der Waals surface area contributed by atoms with E-state index >= 15 is 0 Å². The van der Waals surface area contributed by atoms with Gasteiger partial charge in [0.25, 0.3) is 0 Å². The van der Waals surface area contributed by atoms with Crippen LogP contribution in [0.25, 0.3) is 17.0 Å². The van der Waals surface area contributed by atoms with E-state index in [4.69, 9.17) is 13.9 Å². The Morgan fingerprint density at radius 3 is 2.58 bits per heavy atom. The zero-order chi connectivity index (χ0) is 22.4. The zero-order valence-corrected chi connectivity index (χ0v) is 18.0. The highest BCUT2D eigenvalue weighted by Crippen LogP contribution is 2.27. The number of hydrogen-bond acceptors (Lipinski definition) is 5. The van der Waals surface area contributed by atoms with Crippen LogP contribution in [0.15, 0.2) is 70.4 Å². The Hall–Kier alpha value is -3.60. The molecule has 31 heavy (non-hydrogen) atoms. The lowest BCUT2D eigenvalue weighted by molar-refractivity contribution is -0.138. The first-order valence-corrected chi connectivity index (χ1v) is 10.1. The van der Waals surface area contributed by atoms with Gasteiger partial charge in [-0.25, -0.2) is 9.59 Å². The first-order valence-electron chi connectivity index (χ1n) is 10.1. The van der Waals surface area contributed by atoms with Crippen LogP contribution in [0.5, 0.6) is 5.75 Å². The lowest BCUT2D eigenvalue weighted by atomic mass is 9.95. The van der Waals surface area contributed by atoms with Crippen LogP contribution < -0.4 is 10.4 Å². The van der Waals surface area contributed by atoms with Gasteiger partial charge >= 0.3 is 11.6 Å². The Morgan fingerprint density at radius 2 is 1.90 bits per heavy atom. The second-order valence-electron chi connectivity index (χ2n) is 7.56. The minimum atomic E-state index is -0.496. The van der Waals surface area contributed by atoms with Gasteiger partial charge in [0.15, 0.2) is 0 Å². The number of esters is 1. The summed E-state index contributed by atoms with van der Waals surface area (Å²) in [5.41, 5.74) is 3.71. The summed E-state index contributed by atoms with van der Waals surface area (Å²) in [5.74, 6) is 0.554. The lowest BCUT2D eigenvalue weighted by Crippen LogP contribution is -2.06. The maximum atomic E-state index is 12.2. The standard InChI is InChI=1S/C26H26O5/c1-5-12-29-21-9-6-19(7-10-21)8-11-25(27)30-16-20-14-26(28)31-24-13-18(4)22(17(2)3)15-23(20)24/h5-11,13-15,17H,1,12,16H2,2-4H3/b11-8+. The van der Waals surface area contributed by atoms with Gasteiger partial charge in [-0.2, -0.15) is 0 Å². The van der Waals surface area contributed by atoms with Crippen molar-refractivity contribution in [3.05, 3.63) is 93.9 Å². The van der Waals surface area contributed by atoms with Crippen LogP contribution in [0.1, 0.15) is 42.0 Å². The molecule has 0 amide bonds. The van der Waals surface area contributed by atoms with Gasteiger partial charge in [0.1, 0.15) is 24.5 Å². The third kappa shape index (κ3) is 5.72. The van der Waals surface area contributed by atoms with Crippen molar-refractivity contribution in [1.29, 1.82) is 0 Å². The fraction of sp³-hybridized carbons (Fsp3) is 0.231. The summed E-state index contributed by atoms with van der Waals surface area (Å²) in [7, 11) is 0. The van der Waals surface area contributed by atoms with Crippen molar-refractivity contribution in [2.45, 2.75) is 33.3 Å². The van der Waals surface area contributed by atoms with Gasteiger partial charge in [0.05, 0.1) is 0 Å². The SMILES string of the molecule is C=CCOc1ccc(/C=C/C(=O)OCc2cc(=O)oc3cc(C)c(C(C)C)cc23)cc1. The van der Waals surface area contributed by atoms with E-state index in [-0.39, 0.29) is 6.61 Å². The molecule has 0 aliphatic carbocycles. The summed E-state index contributed by atoms with van der Waals surface area (Å²) in [5, 5.41) is 0.779. The van der Waals surface area contributed by atoms with Crippen LogP contribution in [0.3, 0.4) is 0 Å². The van der Waals surface area contributed by atoms with Gasteiger partial charge in [-0.15, -0.1) is 0 Å². The molecule has 0 aliphatic rings. The highest BCUT2D eigenvalue weighted by Gasteiger charge is 2.12. The van der Waals surface area contributed by atoms with Crippen molar-refractivity contribution in [3.63, 3.8) is 0 Å². The molecule has 1 aromatic heterocycles. The molecule has 0 fully saturated rings. The largest absolute Gasteiger partial charge is 0.490 e. The van der Waals surface area contributed by atoms with E-state index in [9.17, 15) is 9.59 Å². The molecule has 1 heterocycles. The normalized spacial score (nSPS) is 11.2. The lowest BCUT2D eigenvalue weighted by Gasteiger charge is -2.13. The molecule has 0 bridgehead atoms. The fourth-order valence-corrected chi connectivity index (χ4v) is 3.32. The predicted octanol–water partition coefficient (Wildman–Crippen LogP) is 5.55. The first-order chi connectivity index (χ1) is 14.9. The summed E-state index contributed by atoms with van der Waals surface area (Å²) in [6.45, 7) is 10.2. The molecule has 0 saturated carbocycles. The third-order valence-corrected chi connectivity index (χ3v) is 4.87. The molecular weight excluding hydrogens is 392 g/mol. The van der Waals surface area contributed by atoms with Crippen LogP contribution in [0.2, 0.25) is 0 Å². The van der Waals surface area contributed by atoms with Crippen LogP contribution >= 0.6 is 0 Å². The molecular formula is C26H26O5. The van der Waals surface area contributed by atoms with E-state index in [0.29, 0.717) is 23.7 Å². The monoisotopic (exact) mass is 418 g/mol. The molecule has 160 valence electrons. The predicted molar refractivity (Wildman–Crippen MR) is 122 cm³/mol. The van der Waals surface area contributed by atoms with Crippen LogP contribution in [0, 0.1) is 6.92 Å². The van der Waals surface area contributed by atoms with E-state index in [0.717, 1.165) is 27.8 Å². The molecule has 0 aliphatic heterocycles. The second-order valence-corrected chi connectivity index (χ2v) is 7.56. The number of carbonyl (C=O) groups excluding carboxylic acids is 1. The fourth-order valence-electron chi connectivity index (χ4n) is 3.32. The van der Waals surface area contributed by atoms with Crippen LogP contribution in [0.4, 0.5) is 0 Å². The molecule has 2 aromatic carbocycles. The van der Waals surface area contributed by atoms with Crippen molar-refractivity contribution in [1.82, 2.24) is 0 Å². The zero-order valence-electron chi connectivity index (χ0n) is 18.0. The summed E-state index contributed by atoms with van der Waals surface area (Å²) in [4.78, 5) is 24.1. The number of hydrogen-bond donors (Lipinski definition) is 0. The number of aryl methyl sites for hydroxylation is 1. The Morgan fingerprint density at radius 1 is 1.16 bits per heavy atom. The highest BCUT2D eigenvalue weighted by atomic mass is 16.5. The topological polar surface area (TPSA) is 65.7 Å². The van der Waals surface area contributed by atoms with Gasteiger partial charge in [-0.1, -0.05) is 38.6 Å². The number of fused-ring (bicyclic) bond motifs is 1. The average molecular weight is 418 g/mol. The summed E-state index contributed by atoms with van der Waals surface area (Å²) >= 11 is 0. The minimum absolute atomic E-state index is 0.0137. The van der Waals surface area contributed by atoms with Gasteiger partial charge in [-0.05, 0) is 59.9 Å². The third-order valence-electron chi connectivity index (χ3n) is 4.87. The van der Waals surface area contributed by atoms with E-state index in [1.54, 1.807) is 12.2 Å². The van der Waals surface area contributed by atoms with Crippen molar-refractivity contribution >= 4 is 23.0 Å². The summed E-state index contributed by atoms with van der Waals surface area (Å²) in [6, 6.07) is 12.6. The average Bonchev–Trinajstić information content (AvgIpc) is 2.74. The van der Waals surface area contributed by atoms with E-state index in [1.165, 1.54) is 12.1 Å². The first kappa shape index (κ1) is 22.1. The molecule has 3 aromatic rings. The molecule has 0 saturated heterocycles. The second kappa shape index (κ2) is 9.94. The van der Waals surface area contributed by atoms with Gasteiger partial charge in [-0.3, -0.25) is 0 Å². The molecule has 3 rings (SSSR count). The number of rotatable bonds is 8. The highest BCUT2D eigenvalue weighted by molar-refractivity contribution is 5.87. The smallest absolute Gasteiger partial charge is 0.336 e. The number of benzene rings is 2. The molecule has 0 atom stereocenters. The quantitative estimate of drug-likeness (QED) is 0.208. The van der Waals surface area contributed by atoms with Crippen LogP contribution in [-0.2, 0) is 16.1 Å². The van der Waals surface area contributed by atoms with E-state index in [2.05, 4.69) is 20.4 Å². The number of carbonyl (C=O) groups is 1. The molecule has 5 heteroatoms. The number of ether oxygens (including phenoxy) is 2. The molecule has 0 radical (unpaired) electrons.